The molecule has 0 aromatic heterocycles. The Bertz CT molecular complexity index is 800. The van der Waals surface area contributed by atoms with Gasteiger partial charge in [-0.2, -0.15) is 0 Å². The van der Waals surface area contributed by atoms with Crippen LogP contribution in [0.25, 0.3) is 0 Å². The van der Waals surface area contributed by atoms with E-state index in [1.54, 1.807) is 25.3 Å². The van der Waals surface area contributed by atoms with Gasteiger partial charge in [0.1, 0.15) is 6.10 Å². The van der Waals surface area contributed by atoms with E-state index in [0.717, 1.165) is 6.42 Å². The molecule has 26 heavy (non-hydrogen) atoms. The van der Waals surface area contributed by atoms with E-state index in [0.29, 0.717) is 41.7 Å². The summed E-state index contributed by atoms with van der Waals surface area (Å²) >= 11 is 12.2. The first-order valence-electron chi connectivity index (χ1n) is 7.96. The number of nitrogen functional groups attached to an aromatic ring is 1. The molecule has 1 fully saturated rings. The van der Waals surface area contributed by atoms with E-state index < -0.39 is 0 Å². The summed E-state index contributed by atoms with van der Waals surface area (Å²) in [5.41, 5.74) is 6.77. The first kappa shape index (κ1) is 18.6. The van der Waals surface area contributed by atoms with E-state index in [2.05, 4.69) is 5.32 Å². The summed E-state index contributed by atoms with van der Waals surface area (Å²) in [6.45, 7) is 1.16. The number of amides is 1. The average Bonchev–Trinajstić information content (AvgIpc) is 3.11. The predicted molar refractivity (Wildman–Crippen MR) is 102 cm³/mol. The number of benzene rings is 2. The van der Waals surface area contributed by atoms with Gasteiger partial charge in [0, 0.05) is 17.7 Å². The molecule has 1 amide bonds. The van der Waals surface area contributed by atoms with E-state index >= 15 is 0 Å². The summed E-state index contributed by atoms with van der Waals surface area (Å²) in [4.78, 5) is 12.6. The normalized spacial score (nSPS) is 16.3. The molecule has 138 valence electrons. The zero-order chi connectivity index (χ0) is 18.7. The molecule has 2 aromatic carbocycles. The summed E-state index contributed by atoms with van der Waals surface area (Å²) < 4.78 is 16.5. The van der Waals surface area contributed by atoms with Crippen LogP contribution in [0.2, 0.25) is 10.0 Å². The van der Waals surface area contributed by atoms with Gasteiger partial charge in [0.25, 0.3) is 5.91 Å². The molecule has 1 saturated heterocycles. The Morgan fingerprint density at radius 1 is 1.23 bits per heavy atom. The molecule has 1 atom stereocenters. The van der Waals surface area contributed by atoms with Gasteiger partial charge < -0.3 is 25.3 Å². The quantitative estimate of drug-likeness (QED) is 0.746. The summed E-state index contributed by atoms with van der Waals surface area (Å²) in [5.74, 6) is 0.635. The highest BCUT2D eigenvalue weighted by Crippen LogP contribution is 2.34. The number of anilines is 2. The molecule has 1 aliphatic heterocycles. The van der Waals surface area contributed by atoms with E-state index in [1.807, 2.05) is 0 Å². The molecule has 2 aromatic rings. The van der Waals surface area contributed by atoms with Gasteiger partial charge in [0.15, 0.2) is 11.5 Å². The molecule has 3 rings (SSSR count). The lowest BCUT2D eigenvalue weighted by atomic mass is 10.1. The molecule has 1 heterocycles. The van der Waals surface area contributed by atoms with E-state index in [-0.39, 0.29) is 22.1 Å². The number of carbonyl (C=O) groups is 1. The molecule has 3 N–H and O–H groups in total. The number of nitrogens with two attached hydrogens (primary N) is 1. The molecule has 0 bridgehead atoms. The summed E-state index contributed by atoms with van der Waals surface area (Å²) in [6.07, 6.45) is 0.721. The average molecular weight is 397 g/mol. The van der Waals surface area contributed by atoms with Gasteiger partial charge in [-0.15, -0.1) is 0 Å². The molecule has 0 radical (unpaired) electrons. The van der Waals surface area contributed by atoms with Crippen LogP contribution in [-0.2, 0) is 4.74 Å². The molecule has 0 spiro atoms. The van der Waals surface area contributed by atoms with Crippen LogP contribution in [0.5, 0.6) is 11.5 Å². The fraction of sp³-hybridized carbons (Fsp3) is 0.278. The first-order chi connectivity index (χ1) is 12.5. The Morgan fingerprint density at radius 2 is 1.96 bits per heavy atom. The SMILES string of the molecule is COc1ccc(C(=O)Nc2c(Cl)cc(N)cc2Cl)cc1OC1CCOC1. The highest BCUT2D eigenvalue weighted by Gasteiger charge is 2.21. The maximum atomic E-state index is 12.6. The van der Waals surface area contributed by atoms with Crippen LogP contribution in [0.4, 0.5) is 11.4 Å². The maximum absolute atomic E-state index is 12.6. The van der Waals surface area contributed by atoms with Gasteiger partial charge in [-0.3, -0.25) is 4.79 Å². The molecule has 1 unspecified atom stereocenters. The van der Waals surface area contributed by atoms with Crippen molar-refractivity contribution in [3.63, 3.8) is 0 Å². The summed E-state index contributed by atoms with van der Waals surface area (Å²) in [5, 5.41) is 3.22. The zero-order valence-corrected chi connectivity index (χ0v) is 15.6. The fourth-order valence-corrected chi connectivity index (χ4v) is 3.19. The van der Waals surface area contributed by atoms with Crippen molar-refractivity contribution >= 4 is 40.5 Å². The lowest BCUT2D eigenvalue weighted by Crippen LogP contribution is -2.17. The second-order valence-corrected chi connectivity index (χ2v) is 6.60. The number of hydrogen-bond acceptors (Lipinski definition) is 5. The lowest BCUT2D eigenvalue weighted by molar-refractivity contribution is 0.102. The minimum Gasteiger partial charge on any atom is -0.493 e. The molecule has 0 saturated carbocycles. The van der Waals surface area contributed by atoms with Crippen LogP contribution in [-0.4, -0.2) is 32.3 Å². The lowest BCUT2D eigenvalue weighted by Gasteiger charge is -2.16. The fourth-order valence-electron chi connectivity index (χ4n) is 2.59. The van der Waals surface area contributed by atoms with Crippen LogP contribution in [0, 0.1) is 0 Å². The third-order valence-corrected chi connectivity index (χ3v) is 4.51. The second-order valence-electron chi connectivity index (χ2n) is 5.78. The number of halogens is 2. The van der Waals surface area contributed by atoms with Crippen LogP contribution < -0.4 is 20.5 Å². The van der Waals surface area contributed by atoms with Crippen molar-refractivity contribution in [1.82, 2.24) is 0 Å². The third-order valence-electron chi connectivity index (χ3n) is 3.91. The van der Waals surface area contributed by atoms with Crippen LogP contribution >= 0.6 is 23.2 Å². The van der Waals surface area contributed by atoms with Gasteiger partial charge in [-0.25, -0.2) is 0 Å². The largest absolute Gasteiger partial charge is 0.493 e. The van der Waals surface area contributed by atoms with E-state index in [4.69, 9.17) is 43.1 Å². The Balaban J connectivity index is 1.83. The van der Waals surface area contributed by atoms with Gasteiger partial charge in [-0.1, -0.05) is 23.2 Å². The Kier molecular flexibility index (Phi) is 5.76. The molecule has 6 nitrogen and oxygen atoms in total. The number of ether oxygens (including phenoxy) is 3. The van der Waals surface area contributed by atoms with Crippen LogP contribution in [0.1, 0.15) is 16.8 Å². The second kappa shape index (κ2) is 8.03. The van der Waals surface area contributed by atoms with Crippen LogP contribution in [0.3, 0.4) is 0 Å². The Hall–Kier alpha value is -2.15. The molecule has 1 aliphatic rings. The molecular formula is C18H18Cl2N2O4. The smallest absolute Gasteiger partial charge is 0.255 e. The summed E-state index contributed by atoms with van der Waals surface area (Å²) in [7, 11) is 1.54. The van der Waals surface area contributed by atoms with Crippen molar-refractivity contribution in [2.24, 2.45) is 0 Å². The van der Waals surface area contributed by atoms with Crippen LogP contribution in [0.15, 0.2) is 30.3 Å². The standard InChI is InChI=1S/C18H18Cl2N2O4/c1-24-15-3-2-10(6-16(15)26-12-4-5-25-9-12)18(23)22-17-13(19)7-11(21)8-14(17)20/h2-3,6-8,12H,4-5,9,21H2,1H3,(H,22,23). The Labute approximate surface area is 161 Å². The van der Waals surface area contributed by atoms with E-state index in [9.17, 15) is 4.79 Å². The molecule has 0 aliphatic carbocycles. The highest BCUT2D eigenvalue weighted by atomic mass is 35.5. The topological polar surface area (TPSA) is 82.8 Å². The van der Waals surface area contributed by atoms with E-state index in [1.165, 1.54) is 12.1 Å². The van der Waals surface area contributed by atoms with Crippen molar-refractivity contribution in [2.45, 2.75) is 12.5 Å². The van der Waals surface area contributed by atoms with Gasteiger partial charge in [0.2, 0.25) is 0 Å². The minimum absolute atomic E-state index is 0.0665. The third kappa shape index (κ3) is 4.15. The summed E-state index contributed by atoms with van der Waals surface area (Å²) in [6, 6.07) is 7.96. The van der Waals surface area contributed by atoms with Crippen molar-refractivity contribution in [3.8, 4) is 11.5 Å². The number of hydrogen-bond donors (Lipinski definition) is 2. The number of rotatable bonds is 5. The molecular weight excluding hydrogens is 379 g/mol. The predicted octanol–water partition coefficient (Wildman–Crippen LogP) is 4.00. The number of nitrogens with one attached hydrogen (secondary N) is 1. The van der Waals surface area contributed by atoms with Crippen molar-refractivity contribution in [1.29, 1.82) is 0 Å². The maximum Gasteiger partial charge on any atom is 0.255 e. The minimum atomic E-state index is -0.381. The first-order valence-corrected chi connectivity index (χ1v) is 8.72. The van der Waals surface area contributed by atoms with Crippen molar-refractivity contribution in [3.05, 3.63) is 45.9 Å². The van der Waals surface area contributed by atoms with Crippen molar-refractivity contribution < 1.29 is 19.0 Å². The monoisotopic (exact) mass is 396 g/mol. The highest BCUT2D eigenvalue weighted by molar-refractivity contribution is 6.40. The van der Waals surface area contributed by atoms with Crippen molar-refractivity contribution in [2.75, 3.05) is 31.4 Å². The van der Waals surface area contributed by atoms with Gasteiger partial charge in [-0.05, 0) is 30.3 Å². The Morgan fingerprint density at radius 3 is 2.58 bits per heavy atom. The number of carbonyl (C=O) groups excluding carboxylic acids is 1. The van der Waals surface area contributed by atoms with Gasteiger partial charge in [0.05, 0.1) is 36.1 Å². The zero-order valence-electron chi connectivity index (χ0n) is 14.1. The molecule has 8 heteroatoms. The van der Waals surface area contributed by atoms with Gasteiger partial charge >= 0.3 is 0 Å². The number of methoxy groups -OCH3 is 1.